The Balaban J connectivity index is 2.20. The molecule has 1 heterocycles. The molecule has 18 heavy (non-hydrogen) atoms. The van der Waals surface area contributed by atoms with E-state index in [9.17, 15) is 4.79 Å². The van der Waals surface area contributed by atoms with Gasteiger partial charge in [-0.25, -0.2) is 0 Å². The molecule has 1 aliphatic heterocycles. The zero-order valence-corrected chi connectivity index (χ0v) is 11.2. The first-order valence-electron chi connectivity index (χ1n) is 5.88. The van der Waals surface area contributed by atoms with E-state index in [4.69, 9.17) is 21.1 Å². The summed E-state index contributed by atoms with van der Waals surface area (Å²) >= 11 is 6.02. The molecule has 0 aliphatic carbocycles. The summed E-state index contributed by atoms with van der Waals surface area (Å²) in [5.74, 6) is 0.474. The smallest absolute Gasteiger partial charge is 0.255 e. The molecular weight excluding hydrogens is 254 g/mol. The highest BCUT2D eigenvalue weighted by Crippen LogP contribution is 2.35. The quantitative estimate of drug-likeness (QED) is 0.851. The van der Waals surface area contributed by atoms with E-state index >= 15 is 0 Å². The summed E-state index contributed by atoms with van der Waals surface area (Å²) in [5, 5.41) is 3.33. The van der Waals surface area contributed by atoms with Crippen molar-refractivity contribution in [2.75, 3.05) is 20.3 Å². The van der Waals surface area contributed by atoms with Crippen LogP contribution in [0.2, 0.25) is 5.02 Å². The number of methoxy groups -OCH3 is 1. The number of rotatable bonds is 4. The average Bonchev–Trinajstić information content (AvgIpc) is 2.68. The third-order valence-corrected chi connectivity index (χ3v) is 3.01. The molecule has 0 saturated heterocycles. The normalized spacial score (nSPS) is 17.2. The van der Waals surface area contributed by atoms with Gasteiger partial charge in [0.15, 0.2) is 0 Å². The number of carbonyl (C=O) groups excluding carboxylic acids is 1. The highest BCUT2D eigenvalue weighted by molar-refractivity contribution is 6.31. The summed E-state index contributed by atoms with van der Waals surface area (Å²) in [6.45, 7) is 2.92. The molecule has 2 rings (SSSR count). The number of amides is 1. The summed E-state index contributed by atoms with van der Waals surface area (Å²) in [6.07, 6.45) is 0.873. The number of halogens is 1. The number of ether oxygens (including phenoxy) is 2. The Labute approximate surface area is 111 Å². The fourth-order valence-corrected chi connectivity index (χ4v) is 2.26. The van der Waals surface area contributed by atoms with Gasteiger partial charge in [0, 0.05) is 30.7 Å². The maximum atomic E-state index is 12.0. The molecule has 1 aliphatic rings. The van der Waals surface area contributed by atoms with Gasteiger partial charge in [-0.15, -0.1) is 0 Å². The van der Waals surface area contributed by atoms with Crippen molar-refractivity contribution in [2.24, 2.45) is 0 Å². The SMILES string of the molecule is COCCNC(=O)c1cc(Cl)cc2c1OC(C)C2. The summed E-state index contributed by atoms with van der Waals surface area (Å²) in [6, 6.07) is 3.49. The Morgan fingerprint density at radius 3 is 3.11 bits per heavy atom. The van der Waals surface area contributed by atoms with Crippen molar-refractivity contribution >= 4 is 17.5 Å². The number of benzene rings is 1. The molecule has 1 amide bonds. The molecule has 98 valence electrons. The molecule has 0 saturated carbocycles. The molecule has 0 spiro atoms. The Bertz CT molecular complexity index is 462. The zero-order valence-electron chi connectivity index (χ0n) is 10.5. The lowest BCUT2D eigenvalue weighted by molar-refractivity contribution is 0.0932. The van der Waals surface area contributed by atoms with Crippen LogP contribution in [0, 0.1) is 0 Å². The van der Waals surface area contributed by atoms with E-state index in [1.54, 1.807) is 13.2 Å². The summed E-state index contributed by atoms with van der Waals surface area (Å²) in [5.41, 5.74) is 1.49. The zero-order chi connectivity index (χ0) is 13.1. The van der Waals surface area contributed by atoms with Crippen LogP contribution in [0.5, 0.6) is 5.75 Å². The molecule has 1 unspecified atom stereocenters. The lowest BCUT2D eigenvalue weighted by Crippen LogP contribution is -2.27. The van der Waals surface area contributed by atoms with Crippen LogP contribution >= 0.6 is 11.6 Å². The minimum Gasteiger partial charge on any atom is -0.489 e. The Morgan fingerprint density at radius 1 is 1.61 bits per heavy atom. The van der Waals surface area contributed by atoms with Gasteiger partial charge >= 0.3 is 0 Å². The third kappa shape index (κ3) is 2.76. The molecule has 4 nitrogen and oxygen atoms in total. The molecular formula is C13H16ClNO3. The summed E-state index contributed by atoms with van der Waals surface area (Å²) in [7, 11) is 1.59. The predicted octanol–water partition coefficient (Wildman–Crippen LogP) is 2.04. The second-order valence-electron chi connectivity index (χ2n) is 4.32. The third-order valence-electron chi connectivity index (χ3n) is 2.79. The second-order valence-corrected chi connectivity index (χ2v) is 4.76. The molecule has 1 N–H and O–H groups in total. The molecule has 1 atom stereocenters. The monoisotopic (exact) mass is 269 g/mol. The summed E-state index contributed by atoms with van der Waals surface area (Å²) < 4.78 is 10.6. The fraction of sp³-hybridized carbons (Fsp3) is 0.462. The van der Waals surface area contributed by atoms with Crippen LogP contribution in [0.1, 0.15) is 22.8 Å². The van der Waals surface area contributed by atoms with Crippen molar-refractivity contribution in [2.45, 2.75) is 19.4 Å². The van der Waals surface area contributed by atoms with Gasteiger partial charge in [0.05, 0.1) is 12.2 Å². The van der Waals surface area contributed by atoms with E-state index in [0.717, 1.165) is 12.0 Å². The lowest BCUT2D eigenvalue weighted by Gasteiger charge is -2.10. The predicted molar refractivity (Wildman–Crippen MR) is 69.5 cm³/mol. The van der Waals surface area contributed by atoms with Gasteiger partial charge in [0.2, 0.25) is 0 Å². The highest BCUT2D eigenvalue weighted by atomic mass is 35.5. The molecule has 0 aromatic heterocycles. The molecule has 0 radical (unpaired) electrons. The van der Waals surface area contributed by atoms with Gasteiger partial charge in [-0.3, -0.25) is 4.79 Å². The van der Waals surface area contributed by atoms with Crippen molar-refractivity contribution in [3.63, 3.8) is 0 Å². The molecule has 0 bridgehead atoms. The summed E-state index contributed by atoms with van der Waals surface area (Å²) in [4.78, 5) is 12.0. The number of carbonyl (C=O) groups is 1. The first-order valence-corrected chi connectivity index (χ1v) is 6.26. The first kappa shape index (κ1) is 13.2. The van der Waals surface area contributed by atoms with Gasteiger partial charge in [0.25, 0.3) is 5.91 Å². The Kier molecular flexibility index (Phi) is 4.09. The molecule has 1 aromatic rings. The highest BCUT2D eigenvalue weighted by Gasteiger charge is 2.25. The second kappa shape index (κ2) is 5.59. The van der Waals surface area contributed by atoms with Crippen molar-refractivity contribution in [3.05, 3.63) is 28.3 Å². The largest absolute Gasteiger partial charge is 0.489 e. The van der Waals surface area contributed by atoms with E-state index in [1.807, 2.05) is 13.0 Å². The van der Waals surface area contributed by atoms with E-state index in [0.29, 0.717) is 29.5 Å². The van der Waals surface area contributed by atoms with Crippen LogP contribution in [0.15, 0.2) is 12.1 Å². The minimum absolute atomic E-state index is 0.0870. The van der Waals surface area contributed by atoms with Gasteiger partial charge in [-0.2, -0.15) is 0 Å². The van der Waals surface area contributed by atoms with Gasteiger partial charge < -0.3 is 14.8 Å². The maximum Gasteiger partial charge on any atom is 0.255 e. The first-order chi connectivity index (χ1) is 8.61. The van der Waals surface area contributed by atoms with Crippen LogP contribution in [0.25, 0.3) is 0 Å². The van der Waals surface area contributed by atoms with Crippen LogP contribution in [-0.2, 0) is 11.2 Å². The van der Waals surface area contributed by atoms with E-state index < -0.39 is 0 Å². The standard InChI is InChI=1S/C13H16ClNO3/c1-8-5-9-6-10(14)7-11(12(9)18-8)13(16)15-3-4-17-2/h6-8H,3-5H2,1-2H3,(H,15,16). The molecule has 1 aromatic carbocycles. The van der Waals surface area contributed by atoms with Crippen LogP contribution < -0.4 is 10.1 Å². The van der Waals surface area contributed by atoms with Crippen molar-refractivity contribution in [1.29, 1.82) is 0 Å². The Morgan fingerprint density at radius 2 is 2.39 bits per heavy atom. The van der Waals surface area contributed by atoms with Gasteiger partial charge in [-0.1, -0.05) is 11.6 Å². The molecule has 0 fully saturated rings. The van der Waals surface area contributed by atoms with Gasteiger partial charge in [-0.05, 0) is 19.1 Å². The average molecular weight is 270 g/mol. The van der Waals surface area contributed by atoms with Crippen molar-refractivity contribution < 1.29 is 14.3 Å². The number of hydrogen-bond acceptors (Lipinski definition) is 3. The number of hydrogen-bond donors (Lipinski definition) is 1. The van der Waals surface area contributed by atoms with Crippen molar-refractivity contribution in [1.82, 2.24) is 5.32 Å². The number of fused-ring (bicyclic) bond motifs is 1. The van der Waals surface area contributed by atoms with E-state index in [1.165, 1.54) is 0 Å². The fourth-order valence-electron chi connectivity index (χ4n) is 2.02. The van der Waals surface area contributed by atoms with E-state index in [-0.39, 0.29) is 12.0 Å². The maximum absolute atomic E-state index is 12.0. The Hall–Kier alpha value is -1.26. The lowest BCUT2D eigenvalue weighted by atomic mass is 10.1. The van der Waals surface area contributed by atoms with Crippen LogP contribution in [0.3, 0.4) is 0 Å². The van der Waals surface area contributed by atoms with E-state index in [2.05, 4.69) is 5.32 Å². The number of nitrogens with one attached hydrogen (secondary N) is 1. The van der Waals surface area contributed by atoms with Crippen LogP contribution in [-0.4, -0.2) is 32.3 Å². The van der Waals surface area contributed by atoms with Gasteiger partial charge in [0.1, 0.15) is 11.9 Å². The topological polar surface area (TPSA) is 47.6 Å². The minimum atomic E-state index is -0.181. The van der Waals surface area contributed by atoms with Crippen LogP contribution in [0.4, 0.5) is 0 Å². The molecule has 5 heteroatoms. The van der Waals surface area contributed by atoms with Crippen molar-refractivity contribution in [3.8, 4) is 5.75 Å².